The molecular formula is C22H21N5O4. The van der Waals surface area contributed by atoms with E-state index < -0.39 is 0 Å². The van der Waals surface area contributed by atoms with Gasteiger partial charge in [-0.2, -0.15) is 4.98 Å². The van der Waals surface area contributed by atoms with Crippen molar-refractivity contribution in [1.29, 1.82) is 0 Å². The Labute approximate surface area is 178 Å². The fourth-order valence-electron chi connectivity index (χ4n) is 3.98. The molecule has 5 rings (SSSR count). The molecule has 0 saturated carbocycles. The van der Waals surface area contributed by atoms with Crippen LogP contribution in [-0.4, -0.2) is 51.1 Å². The molecule has 9 nitrogen and oxygen atoms in total. The summed E-state index contributed by atoms with van der Waals surface area (Å²) in [6.45, 7) is 1.30. The van der Waals surface area contributed by atoms with E-state index in [1.54, 1.807) is 31.8 Å². The van der Waals surface area contributed by atoms with Gasteiger partial charge in [0.05, 0.1) is 13.3 Å². The molecule has 0 N–H and O–H groups in total. The first-order valence-corrected chi connectivity index (χ1v) is 10.2. The van der Waals surface area contributed by atoms with Gasteiger partial charge in [-0.25, -0.2) is 4.98 Å². The van der Waals surface area contributed by atoms with Crippen LogP contribution in [0.5, 0.6) is 5.75 Å². The Hall–Kier alpha value is -3.75. The van der Waals surface area contributed by atoms with E-state index in [2.05, 4.69) is 20.1 Å². The number of piperidine rings is 1. The van der Waals surface area contributed by atoms with Gasteiger partial charge in [0.1, 0.15) is 5.69 Å². The molecule has 4 heterocycles. The van der Waals surface area contributed by atoms with Gasteiger partial charge in [0, 0.05) is 37.3 Å². The van der Waals surface area contributed by atoms with Crippen molar-refractivity contribution in [2.45, 2.75) is 19.3 Å². The Morgan fingerprint density at radius 3 is 3.10 bits per heavy atom. The molecule has 158 valence electrons. The van der Waals surface area contributed by atoms with Gasteiger partial charge in [-0.1, -0.05) is 17.3 Å². The highest BCUT2D eigenvalue weighted by Crippen LogP contribution is 2.30. The SMILES string of the molecule is COc1cccc2cc(C(=O)N3CCC[C@@H](Cc4nc(-c5cnccn5)no4)C3)oc12. The average Bonchev–Trinajstić information content (AvgIpc) is 3.46. The predicted octanol–water partition coefficient (Wildman–Crippen LogP) is 3.38. The molecule has 4 aromatic rings. The standard InChI is InChI=1S/C22H21N5O4/c1-29-17-6-2-5-15-11-18(30-20(15)17)22(28)27-9-3-4-14(13-27)10-19-25-21(26-31-19)16-12-23-7-8-24-16/h2,5-8,11-12,14H,3-4,9-10,13H2,1H3/t14-/m0/s1. The predicted molar refractivity (Wildman–Crippen MR) is 110 cm³/mol. The van der Waals surface area contributed by atoms with Crippen LogP contribution >= 0.6 is 0 Å². The fraction of sp³-hybridized carbons (Fsp3) is 0.318. The van der Waals surface area contributed by atoms with Crippen LogP contribution in [-0.2, 0) is 6.42 Å². The number of amides is 1. The number of ether oxygens (including phenoxy) is 1. The summed E-state index contributed by atoms with van der Waals surface area (Å²) in [5.74, 6) is 2.00. The van der Waals surface area contributed by atoms with Crippen molar-refractivity contribution in [3.05, 3.63) is 54.5 Å². The number of rotatable bonds is 5. The second kappa shape index (κ2) is 8.17. The van der Waals surface area contributed by atoms with E-state index >= 15 is 0 Å². The van der Waals surface area contributed by atoms with Crippen molar-refractivity contribution in [3.8, 4) is 17.3 Å². The van der Waals surface area contributed by atoms with Crippen molar-refractivity contribution < 1.29 is 18.5 Å². The molecule has 0 bridgehead atoms. The Kier molecular flexibility index (Phi) is 5.07. The summed E-state index contributed by atoms with van der Waals surface area (Å²) < 4.78 is 16.6. The number of aromatic nitrogens is 4. The summed E-state index contributed by atoms with van der Waals surface area (Å²) >= 11 is 0. The van der Waals surface area contributed by atoms with Crippen LogP contribution in [0.4, 0.5) is 0 Å². The van der Waals surface area contributed by atoms with Gasteiger partial charge >= 0.3 is 0 Å². The summed E-state index contributed by atoms with van der Waals surface area (Å²) in [7, 11) is 1.58. The average molecular weight is 419 g/mol. The number of furan rings is 1. The number of benzene rings is 1. The van der Waals surface area contributed by atoms with Gasteiger partial charge < -0.3 is 18.6 Å². The zero-order chi connectivity index (χ0) is 21.2. The second-order valence-corrected chi connectivity index (χ2v) is 7.56. The molecule has 0 spiro atoms. The number of methoxy groups -OCH3 is 1. The van der Waals surface area contributed by atoms with Gasteiger partial charge in [-0.15, -0.1) is 0 Å². The zero-order valence-electron chi connectivity index (χ0n) is 17.0. The lowest BCUT2D eigenvalue weighted by Gasteiger charge is -2.31. The van der Waals surface area contributed by atoms with Crippen LogP contribution in [0.1, 0.15) is 29.3 Å². The number of carbonyl (C=O) groups is 1. The van der Waals surface area contributed by atoms with Crippen LogP contribution in [0.3, 0.4) is 0 Å². The van der Waals surface area contributed by atoms with E-state index in [0.717, 1.165) is 18.2 Å². The van der Waals surface area contributed by atoms with Crippen LogP contribution < -0.4 is 4.74 Å². The first-order valence-electron chi connectivity index (χ1n) is 10.2. The molecule has 1 fully saturated rings. The minimum absolute atomic E-state index is 0.117. The topological polar surface area (TPSA) is 107 Å². The van der Waals surface area contributed by atoms with E-state index in [1.807, 2.05) is 23.1 Å². The third kappa shape index (κ3) is 3.86. The molecular weight excluding hydrogens is 398 g/mol. The normalized spacial score (nSPS) is 16.5. The van der Waals surface area contributed by atoms with Crippen molar-refractivity contribution in [2.24, 2.45) is 5.92 Å². The number of nitrogens with zero attached hydrogens (tertiary/aromatic N) is 5. The van der Waals surface area contributed by atoms with Gasteiger partial charge in [-0.3, -0.25) is 9.78 Å². The van der Waals surface area contributed by atoms with Gasteiger partial charge in [-0.05, 0) is 30.9 Å². The number of likely N-dealkylation sites (tertiary alicyclic amines) is 1. The van der Waals surface area contributed by atoms with E-state index in [9.17, 15) is 4.79 Å². The smallest absolute Gasteiger partial charge is 0.289 e. The lowest BCUT2D eigenvalue weighted by atomic mass is 9.94. The molecule has 0 radical (unpaired) electrons. The fourth-order valence-corrected chi connectivity index (χ4v) is 3.98. The number of fused-ring (bicyclic) bond motifs is 1. The summed E-state index contributed by atoms with van der Waals surface area (Å²) in [6, 6.07) is 7.37. The third-order valence-electron chi connectivity index (χ3n) is 5.47. The minimum Gasteiger partial charge on any atom is -0.493 e. The van der Waals surface area contributed by atoms with Gasteiger partial charge in [0.15, 0.2) is 17.1 Å². The molecule has 0 aliphatic carbocycles. The van der Waals surface area contributed by atoms with Crippen LogP contribution in [0.15, 0.2) is 51.8 Å². The van der Waals surface area contributed by atoms with E-state index in [1.165, 1.54) is 0 Å². The molecule has 1 amide bonds. The molecule has 31 heavy (non-hydrogen) atoms. The quantitative estimate of drug-likeness (QED) is 0.484. The van der Waals surface area contributed by atoms with Crippen LogP contribution in [0, 0.1) is 5.92 Å². The van der Waals surface area contributed by atoms with Gasteiger partial charge in [0.2, 0.25) is 11.7 Å². The summed E-state index contributed by atoms with van der Waals surface area (Å²) in [6.07, 6.45) is 7.27. The van der Waals surface area contributed by atoms with E-state index in [-0.39, 0.29) is 11.8 Å². The second-order valence-electron chi connectivity index (χ2n) is 7.56. The van der Waals surface area contributed by atoms with Crippen molar-refractivity contribution >= 4 is 16.9 Å². The Morgan fingerprint density at radius 1 is 1.32 bits per heavy atom. The van der Waals surface area contributed by atoms with Crippen molar-refractivity contribution in [3.63, 3.8) is 0 Å². The molecule has 1 aromatic carbocycles. The Bertz CT molecular complexity index is 1200. The molecule has 9 heteroatoms. The maximum atomic E-state index is 13.1. The highest BCUT2D eigenvalue weighted by Gasteiger charge is 2.28. The number of hydrogen-bond donors (Lipinski definition) is 0. The maximum Gasteiger partial charge on any atom is 0.289 e. The number of hydrogen-bond acceptors (Lipinski definition) is 8. The third-order valence-corrected chi connectivity index (χ3v) is 5.47. The summed E-state index contributed by atoms with van der Waals surface area (Å²) in [5.41, 5.74) is 1.16. The van der Waals surface area contributed by atoms with Crippen molar-refractivity contribution in [2.75, 3.05) is 20.2 Å². The molecule has 1 aliphatic heterocycles. The first-order chi connectivity index (χ1) is 15.2. The monoisotopic (exact) mass is 419 g/mol. The highest BCUT2D eigenvalue weighted by atomic mass is 16.5. The number of para-hydroxylation sites is 1. The molecule has 3 aromatic heterocycles. The van der Waals surface area contributed by atoms with E-state index in [4.69, 9.17) is 13.7 Å². The van der Waals surface area contributed by atoms with Crippen LogP contribution in [0.2, 0.25) is 0 Å². The highest BCUT2D eigenvalue weighted by molar-refractivity contribution is 5.97. The summed E-state index contributed by atoms with van der Waals surface area (Å²) in [4.78, 5) is 27.6. The Morgan fingerprint density at radius 2 is 2.26 bits per heavy atom. The molecule has 1 aliphatic rings. The van der Waals surface area contributed by atoms with E-state index in [0.29, 0.717) is 54.0 Å². The van der Waals surface area contributed by atoms with Gasteiger partial charge in [0.25, 0.3) is 5.91 Å². The van der Waals surface area contributed by atoms with Crippen LogP contribution in [0.25, 0.3) is 22.5 Å². The number of carbonyl (C=O) groups excluding carboxylic acids is 1. The lowest BCUT2D eigenvalue weighted by molar-refractivity contribution is 0.0638. The minimum atomic E-state index is -0.117. The molecule has 1 atom stereocenters. The maximum absolute atomic E-state index is 13.1. The zero-order valence-corrected chi connectivity index (χ0v) is 17.0. The molecule has 0 unspecified atom stereocenters. The first kappa shape index (κ1) is 19.2. The Balaban J connectivity index is 1.28. The molecule has 1 saturated heterocycles. The van der Waals surface area contributed by atoms with Crippen molar-refractivity contribution in [1.82, 2.24) is 25.0 Å². The lowest BCUT2D eigenvalue weighted by Crippen LogP contribution is -2.40. The largest absolute Gasteiger partial charge is 0.493 e. The summed E-state index contributed by atoms with van der Waals surface area (Å²) in [5, 5.41) is 4.84.